The number of nitrogens with one attached hydrogen (secondary N) is 1. The zero-order valence-electron chi connectivity index (χ0n) is 12.6. The van der Waals surface area contributed by atoms with Gasteiger partial charge < -0.3 is 10.1 Å². The highest BCUT2D eigenvalue weighted by atomic mass is 16.5. The predicted molar refractivity (Wildman–Crippen MR) is 75.1 cm³/mol. The number of nitrogens with zero attached hydrogens (tertiary/aromatic N) is 2. The molecule has 0 bridgehead atoms. The first-order valence-electron chi connectivity index (χ1n) is 6.31. The fourth-order valence-corrected chi connectivity index (χ4v) is 2.35. The maximum absolute atomic E-state index is 11.4. The minimum Gasteiger partial charge on any atom is -0.464 e. The van der Waals surface area contributed by atoms with Crippen molar-refractivity contribution in [2.45, 2.75) is 46.6 Å². The molecule has 1 aromatic rings. The summed E-state index contributed by atoms with van der Waals surface area (Å²) in [7, 11) is 1.33. The van der Waals surface area contributed by atoms with Gasteiger partial charge in [0.15, 0.2) is 5.69 Å². The summed E-state index contributed by atoms with van der Waals surface area (Å²) in [6.07, 6.45) is 3.97. The molecule has 0 spiro atoms. The molecule has 1 rings (SSSR count). The molecule has 0 aliphatic carbocycles. The van der Waals surface area contributed by atoms with E-state index in [1.54, 1.807) is 6.20 Å². The van der Waals surface area contributed by atoms with Gasteiger partial charge in [0, 0.05) is 5.54 Å². The molecule has 5 nitrogen and oxygen atoms in total. The SMILES string of the molecule is COC(=O)c1cncc(NC(C)(C)CC(C)(C)C)n1. The summed E-state index contributed by atoms with van der Waals surface area (Å²) in [5.41, 5.74) is 0.269. The van der Waals surface area contributed by atoms with Crippen molar-refractivity contribution in [3.8, 4) is 0 Å². The van der Waals surface area contributed by atoms with Gasteiger partial charge in [-0.2, -0.15) is 0 Å². The summed E-state index contributed by atoms with van der Waals surface area (Å²) >= 11 is 0. The van der Waals surface area contributed by atoms with E-state index in [2.05, 4.69) is 54.6 Å². The van der Waals surface area contributed by atoms with Gasteiger partial charge in [-0.3, -0.25) is 4.98 Å². The number of hydrogen-bond donors (Lipinski definition) is 1. The molecule has 0 atom stereocenters. The molecule has 0 aliphatic rings. The molecule has 106 valence electrons. The quantitative estimate of drug-likeness (QED) is 0.848. The van der Waals surface area contributed by atoms with Crippen molar-refractivity contribution in [2.75, 3.05) is 12.4 Å². The second-order valence-corrected chi connectivity index (χ2v) is 6.53. The summed E-state index contributed by atoms with van der Waals surface area (Å²) in [5.74, 6) is 0.0990. The second kappa shape index (κ2) is 5.55. The lowest BCUT2D eigenvalue weighted by atomic mass is 9.82. The van der Waals surface area contributed by atoms with E-state index in [0.717, 1.165) is 6.42 Å². The van der Waals surface area contributed by atoms with E-state index in [1.165, 1.54) is 13.3 Å². The number of ether oxygens (including phenoxy) is 1. The molecule has 0 fully saturated rings. The van der Waals surface area contributed by atoms with Gasteiger partial charge in [0.2, 0.25) is 0 Å². The summed E-state index contributed by atoms with van der Waals surface area (Å²) in [4.78, 5) is 19.6. The average molecular weight is 265 g/mol. The Kier molecular flexibility index (Phi) is 4.50. The molecular weight excluding hydrogens is 242 g/mol. The Morgan fingerprint density at radius 1 is 1.26 bits per heavy atom. The van der Waals surface area contributed by atoms with Crippen LogP contribution in [0.2, 0.25) is 0 Å². The van der Waals surface area contributed by atoms with Gasteiger partial charge in [0.25, 0.3) is 0 Å². The topological polar surface area (TPSA) is 64.1 Å². The number of hydrogen-bond acceptors (Lipinski definition) is 5. The van der Waals surface area contributed by atoms with Crippen molar-refractivity contribution >= 4 is 11.8 Å². The zero-order valence-corrected chi connectivity index (χ0v) is 12.6. The smallest absolute Gasteiger partial charge is 0.358 e. The third-order valence-corrected chi connectivity index (χ3v) is 2.47. The first-order chi connectivity index (χ1) is 8.63. The van der Waals surface area contributed by atoms with Crippen LogP contribution in [-0.4, -0.2) is 28.6 Å². The molecular formula is C14H23N3O2. The van der Waals surface area contributed by atoms with Crippen molar-refractivity contribution in [2.24, 2.45) is 5.41 Å². The number of carbonyl (C=O) groups excluding carboxylic acids is 1. The van der Waals surface area contributed by atoms with Crippen LogP contribution in [0, 0.1) is 5.41 Å². The van der Waals surface area contributed by atoms with E-state index in [4.69, 9.17) is 0 Å². The summed E-state index contributed by atoms with van der Waals surface area (Å²) in [6.45, 7) is 10.8. The van der Waals surface area contributed by atoms with Crippen LogP contribution >= 0.6 is 0 Å². The number of carbonyl (C=O) groups is 1. The molecule has 1 aromatic heterocycles. The van der Waals surface area contributed by atoms with Crippen LogP contribution in [0.3, 0.4) is 0 Å². The number of rotatable bonds is 4. The highest BCUT2D eigenvalue weighted by Crippen LogP contribution is 2.29. The van der Waals surface area contributed by atoms with Gasteiger partial charge in [-0.1, -0.05) is 20.8 Å². The molecule has 0 radical (unpaired) electrons. The summed E-state index contributed by atoms with van der Waals surface area (Å²) in [6, 6.07) is 0. The lowest BCUT2D eigenvalue weighted by Crippen LogP contribution is -2.35. The monoisotopic (exact) mass is 265 g/mol. The number of aromatic nitrogens is 2. The minimum absolute atomic E-state index is 0.137. The van der Waals surface area contributed by atoms with Crippen molar-refractivity contribution in [3.63, 3.8) is 0 Å². The molecule has 19 heavy (non-hydrogen) atoms. The fourth-order valence-electron chi connectivity index (χ4n) is 2.35. The van der Waals surface area contributed by atoms with Crippen molar-refractivity contribution in [1.82, 2.24) is 9.97 Å². The lowest BCUT2D eigenvalue weighted by Gasteiger charge is -2.33. The summed E-state index contributed by atoms with van der Waals surface area (Å²) in [5, 5.41) is 3.31. The average Bonchev–Trinajstić information content (AvgIpc) is 2.24. The van der Waals surface area contributed by atoms with Gasteiger partial charge in [-0.25, -0.2) is 9.78 Å². The Morgan fingerprint density at radius 3 is 2.42 bits per heavy atom. The summed E-state index contributed by atoms with van der Waals surface area (Å²) < 4.78 is 4.63. The molecule has 0 saturated heterocycles. The van der Waals surface area contributed by atoms with Crippen molar-refractivity contribution in [1.29, 1.82) is 0 Å². The Morgan fingerprint density at radius 2 is 1.89 bits per heavy atom. The normalized spacial score (nSPS) is 12.1. The lowest BCUT2D eigenvalue weighted by molar-refractivity contribution is 0.0593. The third-order valence-electron chi connectivity index (χ3n) is 2.47. The fraction of sp³-hybridized carbons (Fsp3) is 0.643. The van der Waals surface area contributed by atoms with Gasteiger partial charge in [0.1, 0.15) is 5.82 Å². The van der Waals surface area contributed by atoms with E-state index in [0.29, 0.717) is 5.82 Å². The van der Waals surface area contributed by atoms with Crippen LogP contribution in [0.4, 0.5) is 5.82 Å². The van der Waals surface area contributed by atoms with E-state index >= 15 is 0 Å². The molecule has 5 heteroatoms. The molecule has 0 unspecified atom stereocenters. The van der Waals surface area contributed by atoms with Gasteiger partial charge in [0.05, 0.1) is 19.5 Å². The second-order valence-electron chi connectivity index (χ2n) is 6.53. The Balaban J connectivity index is 2.85. The molecule has 0 amide bonds. The highest BCUT2D eigenvalue weighted by molar-refractivity contribution is 5.87. The molecule has 1 heterocycles. The first kappa shape index (κ1) is 15.4. The highest BCUT2D eigenvalue weighted by Gasteiger charge is 2.25. The number of methoxy groups -OCH3 is 1. The maximum Gasteiger partial charge on any atom is 0.358 e. The minimum atomic E-state index is -0.482. The van der Waals surface area contributed by atoms with E-state index in [-0.39, 0.29) is 16.6 Å². The van der Waals surface area contributed by atoms with Crippen LogP contribution in [0.1, 0.15) is 51.5 Å². The van der Waals surface area contributed by atoms with Crippen LogP contribution in [-0.2, 0) is 4.74 Å². The molecule has 1 N–H and O–H groups in total. The number of esters is 1. The van der Waals surface area contributed by atoms with Gasteiger partial charge >= 0.3 is 5.97 Å². The van der Waals surface area contributed by atoms with E-state index in [9.17, 15) is 4.79 Å². The van der Waals surface area contributed by atoms with Crippen LogP contribution in [0.25, 0.3) is 0 Å². The standard InChI is InChI=1S/C14H23N3O2/c1-13(2,3)9-14(4,5)17-11-8-15-7-10(16-11)12(18)19-6/h7-8H,9H2,1-6H3,(H,16,17). The Hall–Kier alpha value is -1.65. The molecule has 0 saturated carbocycles. The largest absolute Gasteiger partial charge is 0.464 e. The van der Waals surface area contributed by atoms with E-state index < -0.39 is 5.97 Å². The predicted octanol–water partition coefficient (Wildman–Crippen LogP) is 2.89. The van der Waals surface area contributed by atoms with Crippen molar-refractivity contribution in [3.05, 3.63) is 18.1 Å². The van der Waals surface area contributed by atoms with Crippen LogP contribution in [0.15, 0.2) is 12.4 Å². The number of anilines is 1. The van der Waals surface area contributed by atoms with E-state index in [1.807, 2.05) is 0 Å². The van der Waals surface area contributed by atoms with Gasteiger partial charge in [-0.05, 0) is 25.7 Å². The molecule has 0 aromatic carbocycles. The van der Waals surface area contributed by atoms with Crippen molar-refractivity contribution < 1.29 is 9.53 Å². The Bertz CT molecular complexity index is 450. The van der Waals surface area contributed by atoms with Gasteiger partial charge in [-0.15, -0.1) is 0 Å². The Labute approximate surface area is 114 Å². The zero-order chi connectivity index (χ0) is 14.7. The third kappa shape index (κ3) is 5.24. The maximum atomic E-state index is 11.4. The van der Waals surface area contributed by atoms with Crippen LogP contribution in [0.5, 0.6) is 0 Å². The molecule has 0 aliphatic heterocycles. The first-order valence-corrected chi connectivity index (χ1v) is 6.31. The van der Waals surface area contributed by atoms with Crippen LogP contribution < -0.4 is 5.32 Å².